The maximum Gasteiger partial charge on any atom is 0.430 e. The van der Waals surface area contributed by atoms with Crippen molar-refractivity contribution in [3.8, 4) is 0 Å². The topological polar surface area (TPSA) is 88.0 Å². The first-order valence-corrected chi connectivity index (χ1v) is 20.3. The molecule has 0 saturated heterocycles. The summed E-state index contributed by atoms with van der Waals surface area (Å²) in [5.41, 5.74) is 3.07. The average Bonchev–Trinajstić information content (AvgIpc) is 3.11. The monoisotopic (exact) mass is 774 g/mol. The largest absolute Gasteiger partial charge is 0.542 e. The highest BCUT2D eigenvalue weighted by Crippen LogP contribution is 2.16. The molecule has 0 amide bonds. The van der Waals surface area contributed by atoms with Crippen LogP contribution in [-0.4, -0.2) is 24.3 Å². The molecule has 0 aromatic carbocycles. The Morgan fingerprint density at radius 3 is 0.889 bits per heavy atom. The summed E-state index contributed by atoms with van der Waals surface area (Å²) >= 11 is 0. The van der Waals surface area contributed by atoms with Gasteiger partial charge in [0.2, 0.25) is 0 Å². The molecule has 0 fully saturated rings. The van der Waals surface area contributed by atoms with E-state index in [0.29, 0.717) is 0 Å². The Morgan fingerprint density at radius 2 is 0.648 bits per heavy atom. The number of carboxylic acid groups (broad SMARTS) is 2. The van der Waals surface area contributed by atoms with Crippen LogP contribution in [0.3, 0.4) is 0 Å². The molecule has 3 rings (SSSR count). The van der Waals surface area contributed by atoms with Crippen molar-refractivity contribution in [2.24, 2.45) is 0 Å². The third kappa shape index (κ3) is 28.3. The van der Waals surface area contributed by atoms with Gasteiger partial charge in [0, 0.05) is 36.1 Å². The summed E-state index contributed by atoms with van der Waals surface area (Å²) in [5, 5.41) is 17.6. The number of alkyl halides is 6. The van der Waals surface area contributed by atoms with Crippen molar-refractivity contribution in [2.75, 3.05) is 0 Å². The van der Waals surface area contributed by atoms with Crippen LogP contribution in [0.4, 0.5) is 26.3 Å². The summed E-state index contributed by atoms with van der Waals surface area (Å²) in [7, 11) is 0. The molecule has 0 saturated carbocycles. The van der Waals surface area contributed by atoms with Gasteiger partial charge in [0.05, 0.1) is 0 Å². The fourth-order valence-corrected chi connectivity index (χ4v) is 6.51. The van der Waals surface area contributed by atoms with E-state index in [2.05, 4.69) is 58.2 Å². The second-order valence-corrected chi connectivity index (χ2v) is 14.5. The van der Waals surface area contributed by atoms with Gasteiger partial charge in [-0.1, -0.05) is 116 Å². The summed E-state index contributed by atoms with van der Waals surface area (Å²) in [6.45, 7) is 2.39. The van der Waals surface area contributed by atoms with Gasteiger partial charge >= 0.3 is 12.4 Å². The van der Waals surface area contributed by atoms with E-state index in [4.69, 9.17) is 19.8 Å². The number of carbonyl (C=O) groups is 2. The van der Waals surface area contributed by atoms with E-state index in [1.807, 2.05) is 0 Å². The summed E-state index contributed by atoms with van der Waals surface area (Å²) in [4.78, 5) is 17.6. The molecule has 0 unspecified atom stereocenters. The zero-order valence-electron chi connectivity index (χ0n) is 32.2. The van der Waals surface area contributed by atoms with Crippen molar-refractivity contribution in [3.63, 3.8) is 0 Å². The van der Waals surface area contributed by atoms with Crippen LogP contribution >= 0.6 is 0 Å². The third-order valence-corrected chi connectivity index (χ3v) is 9.57. The number of pyridine rings is 2. The summed E-state index contributed by atoms with van der Waals surface area (Å²) in [5.74, 6) is -6.01. The molecule has 3 heterocycles. The van der Waals surface area contributed by atoms with Crippen molar-refractivity contribution >= 4 is 11.9 Å². The van der Waals surface area contributed by atoms with E-state index in [-0.39, 0.29) is 0 Å². The lowest BCUT2D eigenvalue weighted by molar-refractivity contribution is -0.697. The number of aromatic nitrogens is 2. The minimum atomic E-state index is -5.19. The minimum Gasteiger partial charge on any atom is -0.542 e. The highest BCUT2D eigenvalue weighted by molar-refractivity contribution is 5.71. The van der Waals surface area contributed by atoms with Crippen molar-refractivity contribution in [1.82, 2.24) is 0 Å². The number of rotatable bonds is 0. The number of nitrogens with zero attached hydrogens (tertiary/aromatic N) is 2. The highest BCUT2D eigenvalue weighted by Gasteiger charge is 2.29. The first-order chi connectivity index (χ1) is 25.8. The maximum absolute atomic E-state index is 10.5. The predicted octanol–water partition coefficient (Wildman–Crippen LogP) is 9.02. The predicted molar refractivity (Wildman–Crippen MR) is 194 cm³/mol. The molecule has 1 aliphatic rings. The number of carboxylic acids is 2. The third-order valence-electron chi connectivity index (χ3n) is 9.57. The molecular formula is C42H64F6N2O4. The Labute approximate surface area is 319 Å². The number of halogens is 6. The average molecular weight is 775 g/mol. The second kappa shape index (κ2) is 30.1. The van der Waals surface area contributed by atoms with E-state index < -0.39 is 24.3 Å². The van der Waals surface area contributed by atoms with Crippen LogP contribution < -0.4 is 19.3 Å². The van der Waals surface area contributed by atoms with E-state index >= 15 is 0 Å². The lowest BCUT2D eigenvalue weighted by Gasteiger charge is -2.05. The molecule has 0 atom stereocenters. The normalized spacial score (nSPS) is 17.9. The van der Waals surface area contributed by atoms with Crippen molar-refractivity contribution in [1.29, 1.82) is 0 Å². The standard InChI is InChI=1S/C38H64N2.2C2HF3O2/c1-3-7-11-15-19-23-31-39-33-26-30-38(36-39)28-22-18-14-10-6-2-4-8-12-16-20-24-32-40-34-25-29-37(35-40)27-21-17-13-9-5-1;2*3-2(4,5)1(6)7/h25-26,29-30,33-36H,1-24,27-28,31-32H2;2*(H,6,7)/q+2;;/p-2. The Bertz CT molecular complexity index is 1100. The lowest BCUT2D eigenvalue weighted by atomic mass is 10.0. The molecule has 54 heavy (non-hydrogen) atoms. The molecule has 2 aromatic heterocycles. The first kappa shape index (κ1) is 48.8. The zero-order chi connectivity index (χ0) is 39.9. The van der Waals surface area contributed by atoms with Gasteiger partial charge < -0.3 is 19.8 Å². The first-order valence-electron chi connectivity index (χ1n) is 20.3. The van der Waals surface area contributed by atoms with Gasteiger partial charge in [-0.05, 0) is 50.7 Å². The number of fused-ring (bicyclic) bond motifs is 4. The number of carbonyl (C=O) groups excluding carboxylic acids is 2. The van der Waals surface area contributed by atoms with Gasteiger partial charge in [-0.2, -0.15) is 26.3 Å². The summed E-state index contributed by atoms with van der Waals surface area (Å²) < 4.78 is 68.0. The smallest absolute Gasteiger partial charge is 0.430 e. The van der Waals surface area contributed by atoms with Crippen molar-refractivity contribution in [3.05, 3.63) is 60.2 Å². The van der Waals surface area contributed by atoms with Gasteiger partial charge in [0.15, 0.2) is 24.8 Å². The molecule has 308 valence electrons. The fourth-order valence-electron chi connectivity index (χ4n) is 6.51. The number of aliphatic carboxylic acids is 2. The number of hydrogen-bond donors (Lipinski definition) is 0. The quantitative estimate of drug-likeness (QED) is 0.198. The van der Waals surface area contributed by atoms with Gasteiger partial charge in [-0.25, -0.2) is 9.13 Å². The van der Waals surface area contributed by atoms with Crippen molar-refractivity contribution in [2.45, 2.75) is 192 Å². The maximum atomic E-state index is 10.5. The van der Waals surface area contributed by atoms with Crippen LogP contribution in [0.25, 0.3) is 0 Å². The van der Waals surface area contributed by atoms with Crippen LogP contribution in [0, 0.1) is 0 Å². The molecule has 0 spiro atoms. The van der Waals surface area contributed by atoms with Gasteiger partial charge in [0.25, 0.3) is 0 Å². The zero-order valence-corrected chi connectivity index (χ0v) is 32.2. The summed E-state index contributed by atoms with van der Waals surface area (Å²) in [6.07, 6.45) is 35.4. The minimum absolute atomic E-state index is 1.19. The van der Waals surface area contributed by atoms with E-state index in [0.717, 1.165) is 0 Å². The Hall–Kier alpha value is -3.18. The highest BCUT2D eigenvalue weighted by atomic mass is 19.4. The lowest BCUT2D eigenvalue weighted by Crippen LogP contribution is -2.37. The molecule has 0 radical (unpaired) electrons. The summed E-state index contributed by atoms with van der Waals surface area (Å²) in [6, 6.07) is 9.20. The second-order valence-electron chi connectivity index (χ2n) is 14.5. The van der Waals surface area contributed by atoms with E-state index in [9.17, 15) is 26.3 Å². The Balaban J connectivity index is 0.000000879. The van der Waals surface area contributed by atoms with Crippen molar-refractivity contribution < 1.29 is 55.3 Å². The van der Waals surface area contributed by atoms with Crippen LogP contribution in [0.15, 0.2) is 49.1 Å². The molecule has 6 nitrogen and oxygen atoms in total. The Kier molecular flexibility index (Phi) is 27.2. The van der Waals surface area contributed by atoms with Crippen LogP contribution in [-0.2, 0) is 35.5 Å². The molecule has 0 N–H and O–H groups in total. The van der Waals surface area contributed by atoms with Gasteiger partial charge in [-0.3, -0.25) is 0 Å². The number of hydrogen-bond acceptors (Lipinski definition) is 4. The molecule has 2 aromatic rings. The van der Waals surface area contributed by atoms with Crippen LogP contribution in [0.2, 0.25) is 0 Å². The Morgan fingerprint density at radius 1 is 0.426 bits per heavy atom. The van der Waals surface area contributed by atoms with E-state index in [1.165, 1.54) is 191 Å². The van der Waals surface area contributed by atoms with Crippen LogP contribution in [0.1, 0.15) is 165 Å². The fraction of sp³-hybridized carbons (Fsp3) is 0.714. The molecule has 0 aliphatic carbocycles. The van der Waals surface area contributed by atoms with Gasteiger partial charge in [0.1, 0.15) is 25.0 Å². The SMILES string of the molecule is O=C([O-])C(F)(F)F.O=C([O-])C(F)(F)F.c1cc2c[n+](c1)CCCCCCCCCCCCCCc1ccc[n+](c1)CCCCCCCCCCCCCC2. The molecule has 1 aliphatic heterocycles. The van der Waals surface area contributed by atoms with Gasteiger partial charge in [-0.15, -0.1) is 0 Å². The molecule has 12 heteroatoms. The van der Waals surface area contributed by atoms with Crippen LogP contribution in [0.5, 0.6) is 0 Å². The molecular weight excluding hydrogens is 710 g/mol. The molecule has 4 bridgehead atoms. The number of aryl methyl sites for hydroxylation is 4. The van der Waals surface area contributed by atoms with E-state index in [1.54, 1.807) is 0 Å².